The van der Waals surface area contributed by atoms with Gasteiger partial charge in [-0.15, -0.1) is 0 Å². The number of carbonyl (C=O) groups excluding carboxylic acids is 1. The highest BCUT2D eigenvalue weighted by atomic mass is 16.2. The number of anilines is 1. The number of aromatic nitrogens is 1. The number of carbonyl (C=O) groups is 1. The molecule has 0 radical (unpaired) electrons. The molecule has 0 aromatic carbocycles. The van der Waals surface area contributed by atoms with Crippen molar-refractivity contribution in [3.63, 3.8) is 0 Å². The zero-order chi connectivity index (χ0) is 11.5. The van der Waals surface area contributed by atoms with Crippen LogP contribution in [0.25, 0.3) is 0 Å². The van der Waals surface area contributed by atoms with Crippen LogP contribution >= 0.6 is 0 Å². The van der Waals surface area contributed by atoms with Crippen LogP contribution in [0.2, 0.25) is 0 Å². The van der Waals surface area contributed by atoms with Crippen LogP contribution in [0.4, 0.5) is 10.6 Å². The van der Waals surface area contributed by atoms with E-state index in [9.17, 15) is 4.79 Å². The van der Waals surface area contributed by atoms with Gasteiger partial charge in [-0.05, 0) is 11.6 Å². The molecule has 2 rings (SSSR count). The first kappa shape index (κ1) is 10.7. The van der Waals surface area contributed by atoms with Crippen molar-refractivity contribution in [1.82, 2.24) is 14.8 Å². The summed E-state index contributed by atoms with van der Waals surface area (Å²) in [5.74, 6) is 5.84. The number of nitrogens with one attached hydrogen (secondary N) is 1. The molecule has 16 heavy (non-hydrogen) atoms. The third-order valence-corrected chi connectivity index (χ3v) is 2.65. The number of nitrogens with zero attached hydrogens (tertiary/aromatic N) is 3. The Morgan fingerprint density at radius 1 is 1.50 bits per heavy atom. The molecule has 2 amide bonds. The zero-order valence-electron chi connectivity index (χ0n) is 9.18. The summed E-state index contributed by atoms with van der Waals surface area (Å²) in [5, 5.41) is 0. The molecule has 1 aromatic rings. The summed E-state index contributed by atoms with van der Waals surface area (Å²) in [6.45, 7) is 2.15. The number of pyridine rings is 1. The van der Waals surface area contributed by atoms with Crippen molar-refractivity contribution in [2.24, 2.45) is 5.84 Å². The van der Waals surface area contributed by atoms with E-state index in [1.165, 1.54) is 0 Å². The Labute approximate surface area is 94.0 Å². The van der Waals surface area contributed by atoms with E-state index < -0.39 is 0 Å². The Kier molecular flexibility index (Phi) is 2.91. The molecular formula is C10H15N5O. The number of amides is 2. The lowest BCUT2D eigenvalue weighted by atomic mass is 10.2. The zero-order valence-corrected chi connectivity index (χ0v) is 9.18. The number of hydrazine groups is 1. The highest BCUT2D eigenvalue weighted by Crippen LogP contribution is 2.12. The number of hydrogen-bond donors (Lipinski definition) is 2. The molecule has 1 saturated heterocycles. The van der Waals surface area contributed by atoms with Crippen molar-refractivity contribution in [3.05, 3.63) is 23.9 Å². The van der Waals surface area contributed by atoms with Gasteiger partial charge in [-0.1, -0.05) is 6.07 Å². The lowest BCUT2D eigenvalue weighted by Crippen LogP contribution is -2.28. The second-order valence-electron chi connectivity index (χ2n) is 3.82. The predicted octanol–water partition coefficient (Wildman–Crippen LogP) is 0.235. The van der Waals surface area contributed by atoms with E-state index in [1.54, 1.807) is 22.1 Å². The lowest BCUT2D eigenvalue weighted by molar-refractivity contribution is 0.197. The van der Waals surface area contributed by atoms with Crippen molar-refractivity contribution in [2.45, 2.75) is 6.54 Å². The van der Waals surface area contributed by atoms with Gasteiger partial charge in [-0.2, -0.15) is 0 Å². The van der Waals surface area contributed by atoms with Gasteiger partial charge in [-0.3, -0.25) is 0 Å². The van der Waals surface area contributed by atoms with E-state index >= 15 is 0 Å². The van der Waals surface area contributed by atoms with Crippen molar-refractivity contribution < 1.29 is 4.79 Å². The number of nitrogen functional groups attached to an aromatic ring is 1. The van der Waals surface area contributed by atoms with Crippen LogP contribution in [0, 0.1) is 0 Å². The molecule has 0 unspecified atom stereocenters. The average Bonchev–Trinajstić information content (AvgIpc) is 2.62. The molecule has 0 bridgehead atoms. The summed E-state index contributed by atoms with van der Waals surface area (Å²) in [7, 11) is 1.81. The molecule has 3 N–H and O–H groups in total. The molecule has 0 saturated carbocycles. The fraction of sp³-hybridized carbons (Fsp3) is 0.400. The van der Waals surface area contributed by atoms with Crippen LogP contribution in [-0.2, 0) is 6.54 Å². The molecule has 1 aliphatic heterocycles. The van der Waals surface area contributed by atoms with Gasteiger partial charge in [0.05, 0.1) is 0 Å². The van der Waals surface area contributed by atoms with E-state index in [0.717, 1.165) is 18.7 Å². The van der Waals surface area contributed by atoms with Crippen LogP contribution in [0.5, 0.6) is 0 Å². The van der Waals surface area contributed by atoms with Gasteiger partial charge in [0.25, 0.3) is 0 Å². The lowest BCUT2D eigenvalue weighted by Gasteiger charge is -2.15. The summed E-state index contributed by atoms with van der Waals surface area (Å²) >= 11 is 0. The first-order valence-corrected chi connectivity index (χ1v) is 5.12. The highest BCUT2D eigenvalue weighted by molar-refractivity contribution is 5.76. The summed E-state index contributed by atoms with van der Waals surface area (Å²) in [5.41, 5.74) is 3.47. The maximum Gasteiger partial charge on any atom is 0.320 e. The van der Waals surface area contributed by atoms with Gasteiger partial charge in [0.2, 0.25) is 0 Å². The van der Waals surface area contributed by atoms with Gasteiger partial charge in [0.15, 0.2) is 0 Å². The third kappa shape index (κ3) is 2.06. The van der Waals surface area contributed by atoms with E-state index in [-0.39, 0.29) is 6.03 Å². The Balaban J connectivity index is 2.01. The second kappa shape index (κ2) is 4.36. The number of urea groups is 1. The molecule has 0 spiro atoms. The maximum absolute atomic E-state index is 11.6. The van der Waals surface area contributed by atoms with Crippen LogP contribution < -0.4 is 11.3 Å². The van der Waals surface area contributed by atoms with Gasteiger partial charge in [0.1, 0.15) is 5.82 Å². The van der Waals surface area contributed by atoms with Crippen molar-refractivity contribution in [2.75, 3.05) is 25.6 Å². The first-order valence-electron chi connectivity index (χ1n) is 5.12. The fourth-order valence-electron chi connectivity index (χ4n) is 1.67. The number of hydrogen-bond acceptors (Lipinski definition) is 4. The van der Waals surface area contributed by atoms with Crippen LogP contribution in [0.1, 0.15) is 5.56 Å². The Hall–Kier alpha value is -1.82. The quantitative estimate of drug-likeness (QED) is 0.566. The summed E-state index contributed by atoms with van der Waals surface area (Å²) < 4.78 is 0. The van der Waals surface area contributed by atoms with Gasteiger partial charge < -0.3 is 15.2 Å². The fourth-order valence-corrected chi connectivity index (χ4v) is 1.67. The molecule has 0 aliphatic carbocycles. The maximum atomic E-state index is 11.6. The number of rotatable bonds is 3. The monoisotopic (exact) mass is 221 g/mol. The third-order valence-electron chi connectivity index (χ3n) is 2.65. The predicted molar refractivity (Wildman–Crippen MR) is 60.5 cm³/mol. The molecule has 1 aliphatic rings. The summed E-state index contributed by atoms with van der Waals surface area (Å²) in [6, 6.07) is 3.77. The molecule has 6 heteroatoms. The van der Waals surface area contributed by atoms with Crippen LogP contribution in [-0.4, -0.2) is 41.0 Å². The largest absolute Gasteiger partial charge is 0.326 e. The minimum absolute atomic E-state index is 0.0704. The van der Waals surface area contributed by atoms with Gasteiger partial charge >= 0.3 is 6.03 Å². The van der Waals surface area contributed by atoms with Crippen molar-refractivity contribution in [1.29, 1.82) is 0 Å². The SMILES string of the molecule is CN1CCN(Cc2ccc(NN)nc2)C1=O. The molecule has 86 valence electrons. The molecule has 6 nitrogen and oxygen atoms in total. The smallest absolute Gasteiger partial charge is 0.320 e. The van der Waals surface area contributed by atoms with E-state index in [2.05, 4.69) is 10.4 Å². The number of likely N-dealkylation sites (N-methyl/N-ethyl adjacent to an activating group) is 1. The van der Waals surface area contributed by atoms with Crippen molar-refractivity contribution >= 4 is 11.8 Å². The topological polar surface area (TPSA) is 74.5 Å². The standard InChI is InChI=1S/C10H15N5O/c1-14-4-5-15(10(14)16)7-8-2-3-9(13-11)12-6-8/h2-3,6H,4-5,7,11H2,1H3,(H,12,13). The Bertz CT molecular complexity index is 377. The second-order valence-corrected chi connectivity index (χ2v) is 3.82. The minimum Gasteiger partial charge on any atom is -0.326 e. The van der Waals surface area contributed by atoms with Gasteiger partial charge in [-0.25, -0.2) is 15.6 Å². The molecular weight excluding hydrogens is 206 g/mol. The minimum atomic E-state index is 0.0704. The Morgan fingerprint density at radius 2 is 2.31 bits per heavy atom. The van der Waals surface area contributed by atoms with Gasteiger partial charge in [0, 0.05) is 32.9 Å². The highest BCUT2D eigenvalue weighted by Gasteiger charge is 2.24. The van der Waals surface area contributed by atoms with E-state index in [0.29, 0.717) is 12.4 Å². The summed E-state index contributed by atoms with van der Waals surface area (Å²) in [4.78, 5) is 19.2. The normalized spacial score (nSPS) is 15.8. The molecule has 0 atom stereocenters. The Morgan fingerprint density at radius 3 is 2.81 bits per heavy atom. The van der Waals surface area contributed by atoms with Crippen LogP contribution in [0.15, 0.2) is 18.3 Å². The molecule has 1 aromatic heterocycles. The molecule has 2 heterocycles. The number of nitrogens with two attached hydrogens (primary N) is 1. The summed E-state index contributed by atoms with van der Waals surface area (Å²) in [6.07, 6.45) is 1.72. The van der Waals surface area contributed by atoms with Crippen LogP contribution in [0.3, 0.4) is 0 Å². The first-order chi connectivity index (χ1) is 7.70. The van der Waals surface area contributed by atoms with E-state index in [4.69, 9.17) is 5.84 Å². The van der Waals surface area contributed by atoms with E-state index in [1.807, 2.05) is 13.1 Å². The van der Waals surface area contributed by atoms with Crippen molar-refractivity contribution in [3.8, 4) is 0 Å². The molecule has 1 fully saturated rings. The average molecular weight is 221 g/mol.